The van der Waals surface area contributed by atoms with Crippen LogP contribution in [0.4, 0.5) is 0 Å². The maximum atomic E-state index is 12.0. The van der Waals surface area contributed by atoms with E-state index in [1.807, 2.05) is 0 Å². The summed E-state index contributed by atoms with van der Waals surface area (Å²) in [5.41, 5.74) is 0. The van der Waals surface area contributed by atoms with Crippen LogP contribution in [0.2, 0.25) is 0 Å². The number of nitrogens with one attached hydrogen (secondary N) is 1. The number of carbonyl (C=O) groups excluding carboxylic acids is 2. The second-order valence-electron chi connectivity index (χ2n) is 11.1. The molecule has 0 rings (SSSR count). The lowest BCUT2D eigenvalue weighted by molar-refractivity contribution is -0.147. The molecule has 0 aliphatic heterocycles. The minimum absolute atomic E-state index is 0.0838. The number of hydrogen-bond acceptors (Lipinski definition) is 7. The van der Waals surface area contributed by atoms with E-state index in [1.165, 1.54) is 64.2 Å². The number of esters is 1. The van der Waals surface area contributed by atoms with Crippen LogP contribution in [-0.2, 0) is 27.9 Å². The molecule has 3 N–H and O–H groups in total. The molecule has 0 bridgehead atoms. The van der Waals surface area contributed by atoms with Crippen molar-refractivity contribution in [1.82, 2.24) is 5.32 Å². The Hall–Kier alpha value is -1.25. The molecule has 0 saturated carbocycles. The number of phosphoric acid groups is 1. The molecule has 0 saturated heterocycles. The van der Waals surface area contributed by atoms with E-state index < -0.39 is 26.5 Å². The number of unbranched alkanes of at least 4 members (excludes halogenated alkanes) is 16. The molecule has 0 aliphatic carbocycles. The fourth-order valence-corrected chi connectivity index (χ4v) is 5.13. The molecule has 0 aromatic rings. The second-order valence-corrected chi connectivity index (χ2v) is 12.6. The smallest absolute Gasteiger partial charge is 0.463 e. The molecule has 0 aromatic carbocycles. The van der Waals surface area contributed by atoms with Crippen molar-refractivity contribution in [2.75, 3.05) is 26.4 Å². The lowest BCUT2D eigenvalue weighted by Gasteiger charge is -2.15. The number of carbonyl (C=O) groups is 2. The number of rotatable bonds is 31. The van der Waals surface area contributed by atoms with Gasteiger partial charge in [-0.15, -0.1) is 0 Å². The molecule has 1 amide bonds. The second kappa shape index (κ2) is 29.8. The Morgan fingerprint density at radius 3 is 1.83 bits per heavy atom. The predicted octanol–water partition coefficient (Wildman–Crippen LogP) is 7.93. The molecule has 248 valence electrons. The van der Waals surface area contributed by atoms with Gasteiger partial charge in [-0.2, -0.15) is 0 Å². The van der Waals surface area contributed by atoms with Crippen LogP contribution in [0, 0.1) is 0 Å². The number of hydrogen-bond donors (Lipinski definition) is 3. The van der Waals surface area contributed by atoms with Crippen molar-refractivity contribution >= 4 is 19.7 Å². The van der Waals surface area contributed by atoms with E-state index >= 15 is 0 Å². The zero-order chi connectivity index (χ0) is 31.2. The van der Waals surface area contributed by atoms with E-state index in [-0.39, 0.29) is 32.1 Å². The Morgan fingerprint density at radius 1 is 0.714 bits per heavy atom. The SMILES string of the molecule is CCCCC/C=C\CCCCCCCC(=O)OCC(O)COP(=O)(O)OCCNC(=O)CCCCCCCCCCC. The van der Waals surface area contributed by atoms with Crippen LogP contribution in [0.25, 0.3) is 0 Å². The summed E-state index contributed by atoms with van der Waals surface area (Å²) in [5.74, 6) is -0.529. The standard InChI is InChI=1S/C32H62NO8P/c1-3-5-7-9-11-13-14-15-17-19-21-23-25-32(36)39-28-30(34)29-41-42(37,38)40-27-26-33-31(35)24-22-20-18-16-12-10-8-6-4-2/h11,13,30,34H,3-10,12,14-29H2,1-2H3,(H,33,35)(H,37,38)/b13-11-. The van der Waals surface area contributed by atoms with Crippen molar-refractivity contribution in [1.29, 1.82) is 0 Å². The lowest BCUT2D eigenvalue weighted by Crippen LogP contribution is -2.27. The van der Waals surface area contributed by atoms with Gasteiger partial charge >= 0.3 is 13.8 Å². The summed E-state index contributed by atoms with van der Waals surface area (Å²) in [4.78, 5) is 33.5. The molecule has 2 atom stereocenters. The maximum absolute atomic E-state index is 12.0. The molecule has 0 radical (unpaired) electrons. The van der Waals surface area contributed by atoms with E-state index in [4.69, 9.17) is 13.8 Å². The van der Waals surface area contributed by atoms with Crippen LogP contribution in [0.1, 0.15) is 149 Å². The van der Waals surface area contributed by atoms with Gasteiger partial charge < -0.3 is 20.1 Å². The third-order valence-corrected chi connectivity index (χ3v) is 7.93. The third-order valence-electron chi connectivity index (χ3n) is 6.95. The first-order valence-corrected chi connectivity index (χ1v) is 18.2. The Bertz CT molecular complexity index is 719. The fraction of sp³-hybridized carbons (Fsp3) is 0.875. The minimum atomic E-state index is -4.40. The molecule has 42 heavy (non-hydrogen) atoms. The van der Waals surface area contributed by atoms with Crippen molar-refractivity contribution in [2.45, 2.75) is 155 Å². The first-order chi connectivity index (χ1) is 20.3. The zero-order valence-corrected chi connectivity index (χ0v) is 27.6. The van der Waals surface area contributed by atoms with Gasteiger partial charge in [-0.25, -0.2) is 4.57 Å². The van der Waals surface area contributed by atoms with Crippen molar-refractivity contribution < 1.29 is 37.9 Å². The van der Waals surface area contributed by atoms with E-state index in [0.29, 0.717) is 6.42 Å². The van der Waals surface area contributed by atoms with E-state index in [2.05, 4.69) is 31.3 Å². The number of aliphatic hydroxyl groups is 1. The van der Waals surface area contributed by atoms with Crippen LogP contribution < -0.4 is 5.32 Å². The summed E-state index contributed by atoms with van der Waals surface area (Å²) >= 11 is 0. The molecule has 0 fully saturated rings. The van der Waals surface area contributed by atoms with Crippen LogP contribution in [0.5, 0.6) is 0 Å². The first kappa shape index (κ1) is 40.8. The Kier molecular flexibility index (Phi) is 28.9. The van der Waals surface area contributed by atoms with Crippen molar-refractivity contribution in [3.05, 3.63) is 12.2 Å². The van der Waals surface area contributed by atoms with Gasteiger partial charge in [0.15, 0.2) is 0 Å². The maximum Gasteiger partial charge on any atom is 0.472 e. The molecule has 0 aliphatic rings. The number of phosphoric ester groups is 1. The van der Waals surface area contributed by atoms with Crippen molar-refractivity contribution in [3.63, 3.8) is 0 Å². The fourth-order valence-electron chi connectivity index (χ4n) is 4.37. The highest BCUT2D eigenvalue weighted by Gasteiger charge is 2.23. The highest BCUT2D eigenvalue weighted by atomic mass is 31.2. The predicted molar refractivity (Wildman–Crippen MR) is 169 cm³/mol. The van der Waals surface area contributed by atoms with Gasteiger partial charge in [0.25, 0.3) is 0 Å². The van der Waals surface area contributed by atoms with Crippen molar-refractivity contribution in [2.24, 2.45) is 0 Å². The average Bonchev–Trinajstić information content (AvgIpc) is 2.97. The van der Waals surface area contributed by atoms with E-state index in [0.717, 1.165) is 57.8 Å². The molecular formula is C32H62NO8P. The molecule has 0 spiro atoms. The largest absolute Gasteiger partial charge is 0.472 e. The van der Waals surface area contributed by atoms with Crippen molar-refractivity contribution in [3.8, 4) is 0 Å². The number of aliphatic hydroxyl groups excluding tert-OH is 1. The van der Waals surface area contributed by atoms with Gasteiger partial charge in [0, 0.05) is 19.4 Å². The number of allylic oxidation sites excluding steroid dienone is 2. The van der Waals surface area contributed by atoms with Gasteiger partial charge in [-0.3, -0.25) is 18.6 Å². The average molecular weight is 620 g/mol. The highest BCUT2D eigenvalue weighted by molar-refractivity contribution is 7.47. The molecule has 0 aromatic heterocycles. The van der Waals surface area contributed by atoms with Gasteiger partial charge in [-0.05, 0) is 38.5 Å². The lowest BCUT2D eigenvalue weighted by atomic mass is 10.1. The summed E-state index contributed by atoms with van der Waals surface area (Å²) in [5, 5.41) is 12.6. The van der Waals surface area contributed by atoms with Gasteiger partial charge in [-0.1, -0.05) is 109 Å². The minimum Gasteiger partial charge on any atom is -0.463 e. The molecule has 10 heteroatoms. The summed E-state index contributed by atoms with van der Waals surface area (Å²) in [6.07, 6.45) is 25.7. The van der Waals surface area contributed by atoms with Gasteiger partial charge in [0.05, 0.1) is 13.2 Å². The normalized spacial score (nSPS) is 13.7. The summed E-state index contributed by atoms with van der Waals surface area (Å²) < 4.78 is 26.6. The number of amides is 1. The zero-order valence-electron chi connectivity index (χ0n) is 26.7. The molecule has 0 heterocycles. The summed E-state index contributed by atoms with van der Waals surface area (Å²) in [7, 11) is -4.40. The van der Waals surface area contributed by atoms with Gasteiger partial charge in [0.2, 0.25) is 5.91 Å². The van der Waals surface area contributed by atoms with Crippen LogP contribution in [0.15, 0.2) is 12.2 Å². The summed E-state index contributed by atoms with van der Waals surface area (Å²) in [6.45, 7) is 3.47. The monoisotopic (exact) mass is 619 g/mol. The van der Waals surface area contributed by atoms with Crippen LogP contribution in [0.3, 0.4) is 0 Å². The molecule has 9 nitrogen and oxygen atoms in total. The van der Waals surface area contributed by atoms with Crippen LogP contribution >= 0.6 is 7.82 Å². The summed E-state index contributed by atoms with van der Waals surface area (Å²) in [6, 6.07) is 0. The van der Waals surface area contributed by atoms with Gasteiger partial charge in [0.1, 0.15) is 12.7 Å². The van der Waals surface area contributed by atoms with E-state index in [9.17, 15) is 24.2 Å². The Labute approximate surface area is 256 Å². The highest BCUT2D eigenvalue weighted by Crippen LogP contribution is 2.42. The first-order valence-electron chi connectivity index (χ1n) is 16.7. The topological polar surface area (TPSA) is 131 Å². The third kappa shape index (κ3) is 30.2. The molecular weight excluding hydrogens is 557 g/mol. The molecule has 2 unspecified atom stereocenters. The quantitative estimate of drug-likeness (QED) is 0.0309. The van der Waals surface area contributed by atoms with E-state index in [1.54, 1.807) is 0 Å². The van der Waals surface area contributed by atoms with Crippen LogP contribution in [-0.4, -0.2) is 54.3 Å². The Morgan fingerprint density at radius 2 is 1.21 bits per heavy atom. The Balaban J connectivity index is 3.67. The number of ether oxygens (including phenoxy) is 1.